The average molecular weight is 270 g/mol. The summed E-state index contributed by atoms with van der Waals surface area (Å²) in [5, 5.41) is 0. The minimum absolute atomic E-state index is 0.0382. The lowest BCUT2D eigenvalue weighted by atomic mass is 10.1. The summed E-state index contributed by atoms with van der Waals surface area (Å²) in [5.41, 5.74) is 0. The molecule has 1 aliphatic heterocycles. The average Bonchev–Trinajstić information content (AvgIpc) is 2.38. The van der Waals surface area contributed by atoms with Crippen LogP contribution < -0.4 is 0 Å². The normalized spacial score (nSPS) is 21.1. The summed E-state index contributed by atoms with van der Waals surface area (Å²) >= 11 is 0. The Hall–Kier alpha value is -0.740. The SMILES string of the molecule is CCC(CCCC(=O)CC(C)=O)OC1CCCCO1. The number of carbonyl (C=O) groups is 2. The molecule has 0 aromatic heterocycles. The third-order valence-electron chi connectivity index (χ3n) is 3.37. The molecule has 2 unspecified atom stereocenters. The van der Waals surface area contributed by atoms with Crippen molar-refractivity contribution in [3.63, 3.8) is 0 Å². The van der Waals surface area contributed by atoms with Crippen molar-refractivity contribution in [2.24, 2.45) is 0 Å². The van der Waals surface area contributed by atoms with Crippen LogP contribution in [0.4, 0.5) is 0 Å². The lowest BCUT2D eigenvalue weighted by molar-refractivity contribution is -0.189. The molecule has 0 saturated carbocycles. The molecule has 4 heteroatoms. The summed E-state index contributed by atoms with van der Waals surface area (Å²) < 4.78 is 11.5. The number of hydrogen-bond acceptors (Lipinski definition) is 4. The second-order valence-corrected chi connectivity index (χ2v) is 5.27. The van der Waals surface area contributed by atoms with Crippen LogP contribution in [0.2, 0.25) is 0 Å². The number of rotatable bonds is 9. The van der Waals surface area contributed by atoms with Crippen molar-refractivity contribution in [3.05, 3.63) is 0 Å². The van der Waals surface area contributed by atoms with Crippen molar-refractivity contribution in [2.45, 2.75) is 77.6 Å². The minimum atomic E-state index is -0.0633. The molecule has 19 heavy (non-hydrogen) atoms. The fourth-order valence-electron chi connectivity index (χ4n) is 2.29. The Morgan fingerprint density at radius 3 is 2.74 bits per heavy atom. The lowest BCUT2D eigenvalue weighted by Crippen LogP contribution is -2.27. The van der Waals surface area contributed by atoms with Gasteiger partial charge < -0.3 is 9.47 Å². The first-order valence-corrected chi connectivity index (χ1v) is 7.40. The standard InChI is InChI=1S/C15H26O4/c1-3-14(19-15-9-4-5-10-18-15)8-6-7-13(17)11-12(2)16/h14-15H,3-11H2,1-2H3. The summed E-state index contributed by atoms with van der Waals surface area (Å²) in [7, 11) is 0. The lowest BCUT2D eigenvalue weighted by Gasteiger charge is -2.27. The Balaban J connectivity index is 2.17. The molecule has 0 amide bonds. The van der Waals surface area contributed by atoms with Gasteiger partial charge in [-0.2, -0.15) is 0 Å². The maximum Gasteiger partial charge on any atom is 0.157 e. The highest BCUT2D eigenvalue weighted by atomic mass is 16.7. The zero-order chi connectivity index (χ0) is 14.1. The van der Waals surface area contributed by atoms with Gasteiger partial charge in [-0.25, -0.2) is 0 Å². The third kappa shape index (κ3) is 7.43. The molecule has 2 atom stereocenters. The van der Waals surface area contributed by atoms with E-state index in [1.165, 1.54) is 6.92 Å². The van der Waals surface area contributed by atoms with Gasteiger partial charge in [0.15, 0.2) is 6.29 Å². The van der Waals surface area contributed by atoms with Gasteiger partial charge in [0.25, 0.3) is 0 Å². The minimum Gasteiger partial charge on any atom is -0.353 e. The quantitative estimate of drug-likeness (QED) is 0.604. The summed E-state index contributed by atoms with van der Waals surface area (Å²) in [4.78, 5) is 22.2. The smallest absolute Gasteiger partial charge is 0.157 e. The van der Waals surface area contributed by atoms with Crippen LogP contribution in [0.15, 0.2) is 0 Å². The van der Waals surface area contributed by atoms with Crippen LogP contribution in [0.3, 0.4) is 0 Å². The molecule has 1 saturated heterocycles. The molecular formula is C15H26O4. The second-order valence-electron chi connectivity index (χ2n) is 5.27. The molecule has 1 rings (SSSR count). The zero-order valence-corrected chi connectivity index (χ0v) is 12.2. The van der Waals surface area contributed by atoms with E-state index in [0.717, 1.165) is 45.1 Å². The van der Waals surface area contributed by atoms with Crippen LogP contribution in [0.1, 0.15) is 65.2 Å². The molecule has 1 aliphatic rings. The first-order valence-electron chi connectivity index (χ1n) is 7.40. The van der Waals surface area contributed by atoms with Crippen LogP contribution in [0.5, 0.6) is 0 Å². The molecule has 0 aromatic carbocycles. The Morgan fingerprint density at radius 1 is 1.37 bits per heavy atom. The molecule has 0 radical (unpaired) electrons. The molecule has 4 nitrogen and oxygen atoms in total. The number of ketones is 2. The summed E-state index contributed by atoms with van der Waals surface area (Å²) in [6.07, 6.45) is 6.49. The van der Waals surface area contributed by atoms with Crippen molar-refractivity contribution in [2.75, 3.05) is 6.61 Å². The van der Waals surface area contributed by atoms with Gasteiger partial charge in [-0.1, -0.05) is 6.92 Å². The number of carbonyl (C=O) groups excluding carboxylic acids is 2. The Bertz CT molecular complexity index is 282. The van der Waals surface area contributed by atoms with Crippen LogP contribution in [0, 0.1) is 0 Å². The fourth-order valence-corrected chi connectivity index (χ4v) is 2.29. The van der Waals surface area contributed by atoms with E-state index in [1.54, 1.807) is 0 Å². The van der Waals surface area contributed by atoms with E-state index in [4.69, 9.17) is 9.47 Å². The van der Waals surface area contributed by atoms with Crippen molar-refractivity contribution < 1.29 is 19.1 Å². The van der Waals surface area contributed by atoms with E-state index < -0.39 is 0 Å². The van der Waals surface area contributed by atoms with Gasteiger partial charge in [0.05, 0.1) is 12.5 Å². The summed E-state index contributed by atoms with van der Waals surface area (Å²) in [6, 6.07) is 0. The van der Waals surface area contributed by atoms with Crippen molar-refractivity contribution in [1.82, 2.24) is 0 Å². The molecule has 0 spiro atoms. The molecule has 1 fully saturated rings. The molecular weight excluding hydrogens is 244 g/mol. The highest BCUT2D eigenvalue weighted by molar-refractivity contribution is 5.97. The Labute approximate surface area is 115 Å². The Kier molecular flexibility index (Phi) is 7.91. The van der Waals surface area contributed by atoms with Gasteiger partial charge in [-0.05, 0) is 45.4 Å². The zero-order valence-electron chi connectivity index (χ0n) is 12.2. The van der Waals surface area contributed by atoms with Crippen molar-refractivity contribution in [3.8, 4) is 0 Å². The van der Waals surface area contributed by atoms with E-state index in [0.29, 0.717) is 6.42 Å². The fraction of sp³-hybridized carbons (Fsp3) is 0.867. The Morgan fingerprint density at radius 2 is 2.16 bits per heavy atom. The first kappa shape index (κ1) is 16.3. The first-order chi connectivity index (χ1) is 9.11. The van der Waals surface area contributed by atoms with Crippen molar-refractivity contribution >= 4 is 11.6 Å². The highest BCUT2D eigenvalue weighted by Crippen LogP contribution is 2.19. The van der Waals surface area contributed by atoms with E-state index in [-0.39, 0.29) is 30.4 Å². The third-order valence-corrected chi connectivity index (χ3v) is 3.37. The van der Waals surface area contributed by atoms with E-state index in [1.807, 2.05) is 0 Å². The second kappa shape index (κ2) is 9.21. The van der Waals surface area contributed by atoms with Gasteiger partial charge in [0.2, 0.25) is 0 Å². The van der Waals surface area contributed by atoms with Crippen LogP contribution in [0.25, 0.3) is 0 Å². The monoisotopic (exact) mass is 270 g/mol. The van der Waals surface area contributed by atoms with E-state index >= 15 is 0 Å². The molecule has 0 bridgehead atoms. The van der Waals surface area contributed by atoms with Crippen LogP contribution in [-0.2, 0) is 19.1 Å². The maximum absolute atomic E-state index is 11.4. The predicted molar refractivity (Wildman–Crippen MR) is 72.9 cm³/mol. The molecule has 1 heterocycles. The van der Waals surface area contributed by atoms with E-state index in [9.17, 15) is 9.59 Å². The molecule has 0 aliphatic carbocycles. The summed E-state index contributed by atoms with van der Waals surface area (Å²) in [5.74, 6) is -0.0137. The van der Waals surface area contributed by atoms with Crippen molar-refractivity contribution in [1.29, 1.82) is 0 Å². The topological polar surface area (TPSA) is 52.6 Å². The van der Waals surface area contributed by atoms with Gasteiger partial charge in [0, 0.05) is 13.0 Å². The highest BCUT2D eigenvalue weighted by Gasteiger charge is 2.18. The number of hydrogen-bond donors (Lipinski definition) is 0. The number of ether oxygens (including phenoxy) is 2. The molecule has 110 valence electrons. The summed E-state index contributed by atoms with van der Waals surface area (Å²) in [6.45, 7) is 4.33. The van der Waals surface area contributed by atoms with Crippen LogP contribution in [-0.4, -0.2) is 30.6 Å². The molecule has 0 N–H and O–H groups in total. The molecule has 0 aromatic rings. The van der Waals surface area contributed by atoms with Crippen LogP contribution >= 0.6 is 0 Å². The van der Waals surface area contributed by atoms with Gasteiger partial charge in [-0.3, -0.25) is 9.59 Å². The van der Waals surface area contributed by atoms with Gasteiger partial charge >= 0.3 is 0 Å². The van der Waals surface area contributed by atoms with Gasteiger partial charge in [0.1, 0.15) is 11.6 Å². The van der Waals surface area contributed by atoms with E-state index in [2.05, 4.69) is 6.92 Å². The number of Topliss-reactive ketones (excluding diaryl/α,β-unsaturated/α-hetero) is 2. The maximum atomic E-state index is 11.4. The largest absolute Gasteiger partial charge is 0.353 e. The predicted octanol–water partition coefficient (Wildman–Crippen LogP) is 3.03. The van der Waals surface area contributed by atoms with Gasteiger partial charge in [-0.15, -0.1) is 0 Å².